The number of nitrogens with zero attached hydrogens (tertiary/aromatic N) is 1. The van der Waals surface area contributed by atoms with Gasteiger partial charge in [0.1, 0.15) is 11.9 Å². The maximum atomic E-state index is 14.0. The van der Waals surface area contributed by atoms with E-state index in [1.54, 1.807) is 29.2 Å². The quantitative estimate of drug-likeness (QED) is 0.267. The number of thioether (sulfide) groups is 1. The van der Waals surface area contributed by atoms with Crippen LogP contribution >= 0.6 is 23.4 Å². The van der Waals surface area contributed by atoms with Crippen molar-refractivity contribution in [1.29, 1.82) is 0 Å². The number of hydrogen-bond donors (Lipinski definition) is 1. The molecule has 0 saturated heterocycles. The number of carbonyl (C=O) groups excluding carboxylic acids is 2. The maximum absolute atomic E-state index is 14.0. The van der Waals surface area contributed by atoms with Gasteiger partial charge in [0.25, 0.3) is 0 Å². The van der Waals surface area contributed by atoms with Crippen molar-refractivity contribution in [2.45, 2.75) is 44.5 Å². The molecule has 0 spiro atoms. The highest BCUT2D eigenvalue weighted by atomic mass is 35.5. The van der Waals surface area contributed by atoms with Crippen LogP contribution in [0.5, 0.6) is 0 Å². The van der Waals surface area contributed by atoms with Crippen LogP contribution in [0.15, 0.2) is 78.9 Å². The Morgan fingerprint density at radius 2 is 1.72 bits per heavy atom. The van der Waals surface area contributed by atoms with Gasteiger partial charge in [0.05, 0.1) is 5.75 Å². The summed E-state index contributed by atoms with van der Waals surface area (Å²) < 4.78 is 14.0. The van der Waals surface area contributed by atoms with Crippen LogP contribution in [0.3, 0.4) is 0 Å². The number of amides is 2. The summed E-state index contributed by atoms with van der Waals surface area (Å²) in [4.78, 5) is 28.6. The Morgan fingerprint density at radius 1 is 1.00 bits per heavy atom. The molecule has 0 heterocycles. The van der Waals surface area contributed by atoms with Crippen LogP contribution in [-0.4, -0.2) is 35.1 Å². The summed E-state index contributed by atoms with van der Waals surface area (Å²) in [5.74, 6) is -0.145. The van der Waals surface area contributed by atoms with Crippen molar-refractivity contribution in [3.05, 3.63) is 106 Å². The molecule has 2 amide bonds. The Kier molecular flexibility index (Phi) is 11.3. The minimum atomic E-state index is -0.690. The number of unbranched alkanes of at least 4 members (excludes halogenated alkanes) is 1. The third kappa shape index (κ3) is 8.68. The highest BCUT2D eigenvalue weighted by molar-refractivity contribution is 7.99. The number of rotatable bonds is 13. The van der Waals surface area contributed by atoms with Gasteiger partial charge in [-0.25, -0.2) is 4.39 Å². The van der Waals surface area contributed by atoms with Crippen LogP contribution in [0.2, 0.25) is 5.02 Å². The highest BCUT2D eigenvalue weighted by Crippen LogP contribution is 2.21. The van der Waals surface area contributed by atoms with E-state index in [-0.39, 0.29) is 29.9 Å². The molecule has 0 aromatic heterocycles. The van der Waals surface area contributed by atoms with Gasteiger partial charge in [0.2, 0.25) is 11.8 Å². The van der Waals surface area contributed by atoms with E-state index < -0.39 is 6.04 Å². The molecular weight excluding hydrogens is 495 g/mol. The van der Waals surface area contributed by atoms with E-state index in [0.717, 1.165) is 24.0 Å². The lowest BCUT2D eigenvalue weighted by Gasteiger charge is -2.31. The van der Waals surface area contributed by atoms with Gasteiger partial charge in [-0.1, -0.05) is 85.6 Å². The molecule has 1 atom stereocenters. The van der Waals surface area contributed by atoms with Crippen molar-refractivity contribution in [1.82, 2.24) is 10.2 Å². The molecule has 1 unspecified atom stereocenters. The monoisotopic (exact) mass is 526 g/mol. The lowest BCUT2D eigenvalue weighted by Crippen LogP contribution is -2.51. The molecule has 190 valence electrons. The van der Waals surface area contributed by atoms with Crippen LogP contribution in [0.1, 0.15) is 36.5 Å². The fourth-order valence-electron chi connectivity index (χ4n) is 3.84. The Balaban J connectivity index is 1.84. The molecule has 4 nitrogen and oxygen atoms in total. The Hall–Kier alpha value is -2.83. The number of benzene rings is 3. The van der Waals surface area contributed by atoms with E-state index >= 15 is 0 Å². The van der Waals surface area contributed by atoms with Gasteiger partial charge in [-0.3, -0.25) is 9.59 Å². The first-order valence-corrected chi connectivity index (χ1v) is 13.7. The van der Waals surface area contributed by atoms with Crippen molar-refractivity contribution in [2.75, 3.05) is 12.3 Å². The molecule has 3 rings (SSSR count). The fourth-order valence-corrected chi connectivity index (χ4v) is 4.95. The van der Waals surface area contributed by atoms with Gasteiger partial charge in [-0.2, -0.15) is 0 Å². The second kappa shape index (κ2) is 14.7. The summed E-state index contributed by atoms with van der Waals surface area (Å²) >= 11 is 7.55. The van der Waals surface area contributed by atoms with E-state index in [1.165, 1.54) is 17.8 Å². The standard InChI is InChI=1S/C29H32ClFN2O2S/c1-2-3-16-32-29(35)27(18-22-10-5-4-6-11-22)33(19-23-12-9-14-25(30)17-23)28(34)21-36-20-24-13-7-8-15-26(24)31/h4-15,17,27H,2-3,16,18-21H2,1H3,(H,32,35). The Bertz CT molecular complexity index is 1130. The summed E-state index contributed by atoms with van der Waals surface area (Å²) in [6.07, 6.45) is 2.22. The highest BCUT2D eigenvalue weighted by Gasteiger charge is 2.30. The molecule has 0 aliphatic carbocycles. The van der Waals surface area contributed by atoms with Gasteiger partial charge in [0.15, 0.2) is 0 Å². The average molecular weight is 527 g/mol. The SMILES string of the molecule is CCCCNC(=O)C(Cc1ccccc1)N(Cc1cccc(Cl)c1)C(=O)CSCc1ccccc1F. The molecule has 0 aliphatic heterocycles. The minimum Gasteiger partial charge on any atom is -0.354 e. The number of halogens is 2. The summed E-state index contributed by atoms with van der Waals surface area (Å²) in [6.45, 7) is 2.87. The Labute approximate surface area is 222 Å². The second-order valence-corrected chi connectivity index (χ2v) is 10.0. The zero-order valence-electron chi connectivity index (χ0n) is 20.5. The number of carbonyl (C=O) groups is 2. The molecular formula is C29H32ClFN2O2S. The van der Waals surface area contributed by atoms with Crippen molar-refractivity contribution < 1.29 is 14.0 Å². The van der Waals surface area contributed by atoms with Crippen molar-refractivity contribution >= 4 is 35.2 Å². The molecule has 3 aromatic rings. The molecule has 1 N–H and O–H groups in total. The second-order valence-electron chi connectivity index (χ2n) is 8.59. The lowest BCUT2D eigenvalue weighted by molar-refractivity contribution is -0.139. The lowest BCUT2D eigenvalue weighted by atomic mass is 10.0. The molecule has 0 saturated carbocycles. The van der Waals surface area contributed by atoms with Crippen LogP contribution in [-0.2, 0) is 28.3 Å². The third-order valence-electron chi connectivity index (χ3n) is 5.78. The summed E-state index contributed by atoms with van der Waals surface area (Å²) in [5.41, 5.74) is 2.36. The van der Waals surface area contributed by atoms with Gasteiger partial charge in [-0.05, 0) is 41.3 Å². The van der Waals surface area contributed by atoms with E-state index in [4.69, 9.17) is 11.6 Å². The summed E-state index contributed by atoms with van der Waals surface area (Å²) in [6, 6.07) is 22.9. The number of hydrogen-bond acceptors (Lipinski definition) is 3. The van der Waals surface area contributed by atoms with Crippen molar-refractivity contribution in [3.63, 3.8) is 0 Å². The minimum absolute atomic E-state index is 0.127. The molecule has 7 heteroatoms. The zero-order valence-corrected chi connectivity index (χ0v) is 22.0. The smallest absolute Gasteiger partial charge is 0.243 e. The van der Waals surface area contributed by atoms with Crippen LogP contribution in [0.4, 0.5) is 4.39 Å². The van der Waals surface area contributed by atoms with E-state index in [9.17, 15) is 14.0 Å². The molecule has 36 heavy (non-hydrogen) atoms. The first-order chi connectivity index (χ1) is 17.5. The zero-order chi connectivity index (χ0) is 25.8. The van der Waals surface area contributed by atoms with Crippen LogP contribution in [0, 0.1) is 5.82 Å². The summed E-state index contributed by atoms with van der Waals surface area (Å²) in [5, 5.41) is 3.58. The molecule has 0 bridgehead atoms. The fraction of sp³-hybridized carbons (Fsp3) is 0.310. The average Bonchev–Trinajstić information content (AvgIpc) is 2.88. The predicted octanol–water partition coefficient (Wildman–Crippen LogP) is 6.27. The molecule has 3 aromatic carbocycles. The first-order valence-electron chi connectivity index (χ1n) is 12.1. The predicted molar refractivity (Wildman–Crippen MR) is 146 cm³/mol. The molecule has 0 radical (unpaired) electrons. The van der Waals surface area contributed by atoms with Gasteiger partial charge in [0, 0.05) is 30.3 Å². The van der Waals surface area contributed by atoms with Gasteiger partial charge < -0.3 is 10.2 Å². The van der Waals surface area contributed by atoms with Crippen molar-refractivity contribution in [3.8, 4) is 0 Å². The topological polar surface area (TPSA) is 49.4 Å². The van der Waals surface area contributed by atoms with Gasteiger partial charge >= 0.3 is 0 Å². The molecule has 0 fully saturated rings. The van der Waals surface area contributed by atoms with Crippen LogP contribution < -0.4 is 5.32 Å². The van der Waals surface area contributed by atoms with Crippen molar-refractivity contribution in [2.24, 2.45) is 0 Å². The van der Waals surface area contributed by atoms with Crippen LogP contribution in [0.25, 0.3) is 0 Å². The maximum Gasteiger partial charge on any atom is 0.243 e. The molecule has 0 aliphatic rings. The van der Waals surface area contributed by atoms with E-state index in [2.05, 4.69) is 12.2 Å². The largest absolute Gasteiger partial charge is 0.354 e. The van der Waals surface area contributed by atoms with E-state index in [0.29, 0.717) is 29.3 Å². The first kappa shape index (κ1) is 27.8. The van der Waals surface area contributed by atoms with E-state index in [1.807, 2.05) is 48.5 Å². The third-order valence-corrected chi connectivity index (χ3v) is 6.98. The van der Waals surface area contributed by atoms with Gasteiger partial charge in [-0.15, -0.1) is 11.8 Å². The Morgan fingerprint density at radius 3 is 2.44 bits per heavy atom. The number of nitrogens with one attached hydrogen (secondary N) is 1. The normalized spacial score (nSPS) is 11.6. The summed E-state index contributed by atoms with van der Waals surface area (Å²) in [7, 11) is 0.